The summed E-state index contributed by atoms with van der Waals surface area (Å²) in [6.07, 6.45) is 5.20. The molecule has 1 aromatic rings. The number of Topliss-reactive ketones (excluding diaryl/α,β-unsaturated/α-hetero) is 1. The summed E-state index contributed by atoms with van der Waals surface area (Å²) in [6.45, 7) is 6.17. The summed E-state index contributed by atoms with van der Waals surface area (Å²) in [5.41, 5.74) is 0. The van der Waals surface area contributed by atoms with Gasteiger partial charge in [0.25, 0.3) is 0 Å². The molecule has 1 nitrogen and oxygen atoms in total. The van der Waals surface area contributed by atoms with E-state index in [1.165, 1.54) is 22.6 Å². The third-order valence-corrected chi connectivity index (χ3v) is 3.91. The van der Waals surface area contributed by atoms with Crippen LogP contribution < -0.4 is 0 Å². The predicted octanol–water partition coefficient (Wildman–Crippen LogP) is 4.25. The minimum Gasteiger partial charge on any atom is -0.299 e. The zero-order valence-corrected chi connectivity index (χ0v) is 11.4. The van der Waals surface area contributed by atoms with E-state index in [9.17, 15) is 4.79 Å². The molecule has 0 aliphatic rings. The Bertz CT molecular complexity index is 325. The average Bonchev–Trinajstić information content (AvgIpc) is 2.66. The Morgan fingerprint density at radius 1 is 1.25 bits per heavy atom. The van der Waals surface area contributed by atoms with Gasteiger partial charge < -0.3 is 0 Å². The van der Waals surface area contributed by atoms with E-state index in [1.807, 2.05) is 25.2 Å². The van der Waals surface area contributed by atoms with Gasteiger partial charge in [0, 0.05) is 22.1 Å². The lowest BCUT2D eigenvalue weighted by Gasteiger charge is -2.02. The van der Waals surface area contributed by atoms with Crippen molar-refractivity contribution in [2.24, 2.45) is 5.92 Å². The topological polar surface area (TPSA) is 17.1 Å². The van der Waals surface area contributed by atoms with Crippen LogP contribution >= 0.6 is 11.3 Å². The molecule has 0 fully saturated rings. The molecular formula is C14H22OS. The Hall–Kier alpha value is -0.630. The molecular weight excluding hydrogens is 216 g/mol. The fourth-order valence-electron chi connectivity index (χ4n) is 1.66. The maximum absolute atomic E-state index is 11.4. The summed E-state index contributed by atoms with van der Waals surface area (Å²) >= 11 is 1.91. The molecule has 0 saturated heterocycles. The molecule has 0 aliphatic carbocycles. The van der Waals surface area contributed by atoms with Crippen molar-refractivity contribution in [1.82, 2.24) is 0 Å². The van der Waals surface area contributed by atoms with Crippen molar-refractivity contribution >= 4 is 17.1 Å². The second-order valence-electron chi connectivity index (χ2n) is 4.59. The minimum absolute atomic E-state index is 0.194. The Morgan fingerprint density at radius 3 is 2.44 bits per heavy atom. The summed E-state index contributed by atoms with van der Waals surface area (Å²) < 4.78 is 0. The number of ketones is 1. The van der Waals surface area contributed by atoms with Crippen LogP contribution in [0.25, 0.3) is 0 Å². The second kappa shape index (κ2) is 6.85. The Morgan fingerprint density at radius 2 is 1.88 bits per heavy atom. The molecule has 90 valence electrons. The van der Waals surface area contributed by atoms with E-state index in [2.05, 4.69) is 19.1 Å². The Labute approximate surface area is 103 Å². The first-order valence-electron chi connectivity index (χ1n) is 6.23. The SMILES string of the molecule is CCCc1ccc(CCCC(=O)C(C)C)s1. The molecule has 0 saturated carbocycles. The van der Waals surface area contributed by atoms with E-state index in [0.717, 1.165) is 19.3 Å². The summed E-state index contributed by atoms with van der Waals surface area (Å²) in [4.78, 5) is 14.4. The van der Waals surface area contributed by atoms with E-state index in [0.29, 0.717) is 5.78 Å². The highest BCUT2D eigenvalue weighted by Crippen LogP contribution is 2.20. The van der Waals surface area contributed by atoms with Gasteiger partial charge in [0.15, 0.2) is 0 Å². The van der Waals surface area contributed by atoms with Gasteiger partial charge in [0.2, 0.25) is 0 Å². The molecule has 1 aromatic heterocycles. The van der Waals surface area contributed by atoms with Crippen LogP contribution in [0.5, 0.6) is 0 Å². The molecule has 0 aliphatic heterocycles. The fraction of sp³-hybridized carbons (Fsp3) is 0.643. The van der Waals surface area contributed by atoms with E-state index in [1.54, 1.807) is 0 Å². The van der Waals surface area contributed by atoms with E-state index in [-0.39, 0.29) is 5.92 Å². The third kappa shape index (κ3) is 4.48. The lowest BCUT2D eigenvalue weighted by Crippen LogP contribution is -2.06. The molecule has 0 aromatic carbocycles. The molecule has 0 spiro atoms. The molecule has 1 rings (SSSR count). The molecule has 0 bridgehead atoms. The van der Waals surface area contributed by atoms with Crippen molar-refractivity contribution in [1.29, 1.82) is 0 Å². The smallest absolute Gasteiger partial charge is 0.135 e. The Balaban J connectivity index is 2.29. The molecule has 0 N–H and O–H groups in total. The number of rotatable bonds is 7. The van der Waals surface area contributed by atoms with Crippen LogP contribution in [-0.2, 0) is 17.6 Å². The van der Waals surface area contributed by atoms with Gasteiger partial charge in [-0.15, -0.1) is 11.3 Å². The molecule has 0 amide bonds. The van der Waals surface area contributed by atoms with Crippen LogP contribution in [0.1, 0.15) is 49.8 Å². The van der Waals surface area contributed by atoms with Gasteiger partial charge >= 0.3 is 0 Å². The largest absolute Gasteiger partial charge is 0.299 e. The number of aryl methyl sites for hydroxylation is 2. The predicted molar refractivity (Wildman–Crippen MR) is 71.1 cm³/mol. The highest BCUT2D eigenvalue weighted by Gasteiger charge is 2.07. The number of hydrogen-bond acceptors (Lipinski definition) is 2. The highest BCUT2D eigenvalue weighted by molar-refractivity contribution is 7.11. The van der Waals surface area contributed by atoms with Crippen LogP contribution in [0, 0.1) is 5.92 Å². The first kappa shape index (κ1) is 13.4. The molecule has 0 atom stereocenters. The van der Waals surface area contributed by atoms with Crippen molar-refractivity contribution in [2.45, 2.75) is 52.9 Å². The first-order valence-corrected chi connectivity index (χ1v) is 7.05. The summed E-state index contributed by atoms with van der Waals surface area (Å²) in [5.74, 6) is 0.587. The summed E-state index contributed by atoms with van der Waals surface area (Å²) in [7, 11) is 0. The van der Waals surface area contributed by atoms with Gasteiger partial charge in [-0.2, -0.15) is 0 Å². The van der Waals surface area contributed by atoms with Crippen LogP contribution in [0.15, 0.2) is 12.1 Å². The lowest BCUT2D eigenvalue weighted by molar-refractivity contribution is -0.121. The maximum atomic E-state index is 11.4. The Kier molecular flexibility index (Phi) is 5.75. The molecule has 16 heavy (non-hydrogen) atoms. The summed E-state index contributed by atoms with van der Waals surface area (Å²) in [5, 5.41) is 0. The van der Waals surface area contributed by atoms with Crippen molar-refractivity contribution in [3.8, 4) is 0 Å². The first-order chi connectivity index (χ1) is 7.63. The van der Waals surface area contributed by atoms with Crippen molar-refractivity contribution < 1.29 is 4.79 Å². The average molecular weight is 238 g/mol. The van der Waals surface area contributed by atoms with Crippen LogP contribution in [0.3, 0.4) is 0 Å². The standard InChI is InChI=1S/C14H22OS/c1-4-6-12-9-10-13(16-12)7-5-8-14(15)11(2)3/h9-11H,4-8H2,1-3H3. The van der Waals surface area contributed by atoms with Crippen LogP contribution in [0.4, 0.5) is 0 Å². The monoisotopic (exact) mass is 238 g/mol. The molecule has 0 unspecified atom stereocenters. The lowest BCUT2D eigenvalue weighted by atomic mass is 10.0. The van der Waals surface area contributed by atoms with Gasteiger partial charge in [-0.05, 0) is 31.4 Å². The molecule has 2 heteroatoms. The third-order valence-electron chi connectivity index (χ3n) is 2.70. The normalized spacial score (nSPS) is 11.0. The van der Waals surface area contributed by atoms with E-state index in [4.69, 9.17) is 0 Å². The number of hydrogen-bond donors (Lipinski definition) is 0. The fourth-order valence-corrected chi connectivity index (χ4v) is 2.82. The molecule has 0 radical (unpaired) electrons. The van der Waals surface area contributed by atoms with Gasteiger partial charge in [-0.1, -0.05) is 27.2 Å². The molecule has 1 heterocycles. The maximum Gasteiger partial charge on any atom is 0.135 e. The number of carbonyl (C=O) groups excluding carboxylic acids is 1. The van der Waals surface area contributed by atoms with Gasteiger partial charge in [-0.25, -0.2) is 0 Å². The number of carbonyl (C=O) groups is 1. The zero-order chi connectivity index (χ0) is 12.0. The van der Waals surface area contributed by atoms with Crippen molar-refractivity contribution in [3.63, 3.8) is 0 Å². The van der Waals surface area contributed by atoms with E-state index >= 15 is 0 Å². The van der Waals surface area contributed by atoms with Crippen molar-refractivity contribution in [3.05, 3.63) is 21.9 Å². The van der Waals surface area contributed by atoms with Gasteiger partial charge in [0.1, 0.15) is 5.78 Å². The van der Waals surface area contributed by atoms with Gasteiger partial charge in [0.05, 0.1) is 0 Å². The zero-order valence-electron chi connectivity index (χ0n) is 10.6. The summed E-state index contributed by atoms with van der Waals surface area (Å²) in [6, 6.07) is 4.45. The van der Waals surface area contributed by atoms with Crippen molar-refractivity contribution in [2.75, 3.05) is 0 Å². The number of thiophene rings is 1. The minimum atomic E-state index is 0.194. The van der Waals surface area contributed by atoms with Crippen LogP contribution in [0.2, 0.25) is 0 Å². The second-order valence-corrected chi connectivity index (χ2v) is 5.85. The quantitative estimate of drug-likeness (QED) is 0.694. The van der Waals surface area contributed by atoms with E-state index < -0.39 is 0 Å². The van der Waals surface area contributed by atoms with Gasteiger partial charge in [-0.3, -0.25) is 4.79 Å². The van der Waals surface area contributed by atoms with Crippen LogP contribution in [-0.4, -0.2) is 5.78 Å². The highest BCUT2D eigenvalue weighted by atomic mass is 32.1.